The minimum atomic E-state index is -5.07. The summed E-state index contributed by atoms with van der Waals surface area (Å²) >= 11 is 1.90. The van der Waals surface area contributed by atoms with Gasteiger partial charge in [0.2, 0.25) is 45.8 Å². The molecule has 0 saturated heterocycles. The van der Waals surface area contributed by atoms with Crippen molar-refractivity contribution in [1.82, 2.24) is 29.9 Å². The molecule has 4 rings (SSSR count). The zero-order valence-corrected chi connectivity index (χ0v) is 44.5. The number of benzene rings is 2. The third-order valence-electron chi connectivity index (χ3n) is 6.73. The summed E-state index contributed by atoms with van der Waals surface area (Å²) in [5, 5.41) is 5.58. The standard InChI is InChI=1S/C15H16F2N4O6S.C14H14F2N4O6S.CH2I.CH2O3.2K/c1-21(28(23,24)13(16)17)10-8(6-5-7-9(10)25-2)11(22)12-18-14(26-3)20-15(19-12)27-4;1-24-8-6-4-5-7(9(8)20-27(22,23)12(15)16)10(21)11-17-13(25-2)19-14(18-11)26-3;1-2;2-1-4-3;;/h5-7,13H,1-4H3;4-6,12,20H,1-3H3;1H2;1,3H;;/q;;+1;;2*+1/p+1. The minimum Gasteiger partial charge on any atom is -0.495 e. The van der Waals surface area contributed by atoms with E-state index in [4.69, 9.17) is 38.5 Å². The predicted octanol–water partition coefficient (Wildman–Crippen LogP) is -3.77. The molecule has 0 aliphatic carbocycles. The number of nitrogens with one attached hydrogen (secondary N) is 1. The smallest absolute Gasteiger partial charge is 0.495 e. The van der Waals surface area contributed by atoms with Gasteiger partial charge in [-0.3, -0.25) is 18.6 Å². The van der Waals surface area contributed by atoms with E-state index in [2.05, 4.69) is 39.7 Å². The molecule has 32 heteroatoms. The molecule has 2 heterocycles. The number of nitrogens with zero attached hydrogens (tertiary/aromatic N) is 7. The zero-order valence-electron chi connectivity index (χ0n) is 34.5. The Labute approximate surface area is 455 Å². The first-order valence-electron chi connectivity index (χ1n) is 15.5. The van der Waals surface area contributed by atoms with Crippen molar-refractivity contribution in [3.8, 4) is 35.5 Å². The number of alkyl halides is 4. The fourth-order valence-electron chi connectivity index (χ4n) is 4.11. The molecule has 0 fully saturated rings. The van der Waals surface area contributed by atoms with Gasteiger partial charge in [0.15, 0.2) is 0 Å². The molecule has 0 saturated carbocycles. The summed E-state index contributed by atoms with van der Waals surface area (Å²) < 4.78 is 130. The van der Waals surface area contributed by atoms with Crippen LogP contribution < -0.4 is 140 Å². The number of ether oxygens (including phenoxy) is 6. The first-order valence-corrected chi connectivity index (χ1v) is 20.1. The van der Waals surface area contributed by atoms with Crippen molar-refractivity contribution < 1.29 is 190 Å². The van der Waals surface area contributed by atoms with Gasteiger partial charge in [0.05, 0.1) is 53.8 Å². The fraction of sp³-hybridized carbons (Fsp3) is 0.290. The molecule has 0 radical (unpaired) electrons. The second-order valence-electron chi connectivity index (χ2n) is 10.1. The molecule has 0 atom stereocenters. The van der Waals surface area contributed by atoms with Gasteiger partial charge in [-0.15, -0.1) is 9.97 Å². The molecule has 0 aliphatic rings. The Kier molecular flexibility index (Phi) is 30.0. The average molecular weight is 1100 g/mol. The predicted molar refractivity (Wildman–Crippen MR) is 211 cm³/mol. The summed E-state index contributed by atoms with van der Waals surface area (Å²) in [4.78, 5) is 63.4. The number of halogens is 5. The number of aromatic nitrogens is 6. The number of carbonyl (C=O) groups excluding carboxylic acids is 3. The van der Waals surface area contributed by atoms with Crippen molar-refractivity contribution in [3.63, 3.8) is 0 Å². The Bertz CT molecular complexity index is 2310. The topological polar surface area (TPSA) is 300 Å². The Morgan fingerprint density at radius 3 is 1.38 bits per heavy atom. The quantitative estimate of drug-likeness (QED) is 0.0122. The van der Waals surface area contributed by atoms with Crippen LogP contribution in [0.5, 0.6) is 35.5 Å². The van der Waals surface area contributed by atoms with E-state index in [0.717, 1.165) is 7.05 Å². The van der Waals surface area contributed by atoms with Crippen LogP contribution in [0.3, 0.4) is 0 Å². The third kappa shape index (κ3) is 17.5. The first kappa shape index (κ1) is 62.2. The molecule has 2 aromatic carbocycles. The van der Waals surface area contributed by atoms with Crippen molar-refractivity contribution in [1.29, 1.82) is 0 Å². The van der Waals surface area contributed by atoms with E-state index in [1.54, 1.807) is 4.72 Å². The van der Waals surface area contributed by atoms with Gasteiger partial charge >= 0.3 is 145 Å². The summed E-state index contributed by atoms with van der Waals surface area (Å²) in [7, 11) is -1.87. The maximum atomic E-state index is 13.0. The minimum absolute atomic E-state index is 0. The number of anilines is 2. The van der Waals surface area contributed by atoms with E-state index in [1.807, 2.05) is 22.6 Å². The maximum Gasteiger partial charge on any atom is 1.00 e. The summed E-state index contributed by atoms with van der Waals surface area (Å²) in [6.07, 6.45) is 0. The summed E-state index contributed by atoms with van der Waals surface area (Å²) in [5.74, 6) is -10.4. The number of sulfonamides is 2. The van der Waals surface area contributed by atoms with Gasteiger partial charge in [-0.2, -0.15) is 42.4 Å². The normalized spacial score (nSPS) is 10.2. The van der Waals surface area contributed by atoms with E-state index in [-0.39, 0.29) is 160 Å². The number of methoxy groups -OCH3 is 6. The van der Waals surface area contributed by atoms with E-state index in [1.165, 1.54) is 79.1 Å². The molecule has 0 amide bonds. The van der Waals surface area contributed by atoms with Gasteiger partial charge in [0, 0.05) is 7.05 Å². The molecular weight excluding hydrogens is 1070 g/mol. The van der Waals surface area contributed by atoms with Crippen molar-refractivity contribution in [2.24, 2.45) is 0 Å². The van der Waals surface area contributed by atoms with Crippen LogP contribution in [0.25, 0.3) is 0 Å². The molecule has 0 unspecified atom stereocenters. The Balaban J connectivity index is 0. The van der Waals surface area contributed by atoms with Crippen molar-refractivity contribution in [2.75, 3.05) is 58.7 Å². The first-order chi connectivity index (χ1) is 28.8. The molecular formula is C31H35F4IK2N8O15S2+4. The van der Waals surface area contributed by atoms with Crippen LogP contribution in [0, 0.1) is 4.93 Å². The molecule has 2 aromatic heterocycles. The van der Waals surface area contributed by atoms with Gasteiger partial charge in [-0.05, 0) is 24.3 Å². The molecule has 0 spiro atoms. The van der Waals surface area contributed by atoms with E-state index in [0.29, 0.717) is 0 Å². The van der Waals surface area contributed by atoms with E-state index >= 15 is 0 Å². The number of hydrogen-bond acceptors (Lipinski definition) is 20. The van der Waals surface area contributed by atoms with Crippen LogP contribution in [-0.2, 0) is 29.7 Å². The fourth-order valence-corrected chi connectivity index (χ4v) is 5.38. The molecule has 4 aromatic rings. The molecule has 0 aliphatic heterocycles. The van der Waals surface area contributed by atoms with Gasteiger partial charge in [-0.1, -0.05) is 12.1 Å². The van der Waals surface area contributed by atoms with Crippen LogP contribution in [-0.4, -0.2) is 131 Å². The van der Waals surface area contributed by atoms with Gasteiger partial charge in [0.1, 0.15) is 27.8 Å². The summed E-state index contributed by atoms with van der Waals surface area (Å²) in [6, 6.07) is 6.84. The SMILES string of the molecule is COc1nc(OC)nc(C(=O)c2cccc(OC)c2N(C)S(=O)(=O)C(F)F)n1.COc1nc(OC)nc(C(=O)c2cccc(OC)c2NS(=O)(=O)C(F)F)n1.O=CO[OH2+].[CH2+]I.[K+].[K+]. The zero-order chi connectivity index (χ0) is 46.7. The van der Waals surface area contributed by atoms with Crippen LogP contribution in [0.1, 0.15) is 32.4 Å². The van der Waals surface area contributed by atoms with Crippen LogP contribution in [0.2, 0.25) is 0 Å². The molecule has 23 nitrogen and oxygen atoms in total. The van der Waals surface area contributed by atoms with Gasteiger partial charge < -0.3 is 28.4 Å². The monoisotopic (exact) mass is 1100 g/mol. The van der Waals surface area contributed by atoms with Crippen LogP contribution >= 0.6 is 22.6 Å². The summed E-state index contributed by atoms with van der Waals surface area (Å²) in [6.45, 7) is 0.0417. The number of hydrogen-bond donors (Lipinski definition) is 1. The Morgan fingerprint density at radius 1 is 0.683 bits per heavy atom. The average Bonchev–Trinajstić information content (AvgIpc) is 3.28. The van der Waals surface area contributed by atoms with Gasteiger partial charge in [0.25, 0.3) is 20.0 Å². The molecule has 3 N–H and O–H groups in total. The number of rotatable bonds is 17. The molecule has 334 valence electrons. The second-order valence-corrected chi connectivity index (χ2v) is 13.6. The Hall–Kier alpha value is -2.88. The van der Waals surface area contributed by atoms with Crippen LogP contribution in [0.4, 0.5) is 28.9 Å². The van der Waals surface area contributed by atoms with E-state index in [9.17, 15) is 44.0 Å². The third-order valence-corrected chi connectivity index (χ3v) is 9.08. The van der Waals surface area contributed by atoms with Gasteiger partial charge in [-0.25, -0.2) is 26.9 Å². The second kappa shape index (κ2) is 30.4. The van der Waals surface area contributed by atoms with E-state index < -0.39 is 66.2 Å². The molecule has 0 bridgehead atoms. The number of ketones is 2. The number of para-hydroxylation sites is 2. The molecule has 63 heavy (non-hydrogen) atoms. The van der Waals surface area contributed by atoms with Crippen molar-refractivity contribution >= 4 is 72.1 Å². The maximum absolute atomic E-state index is 13.0. The van der Waals surface area contributed by atoms with Crippen molar-refractivity contribution in [3.05, 3.63) is 64.1 Å². The largest absolute Gasteiger partial charge is 1.00 e. The summed E-state index contributed by atoms with van der Waals surface area (Å²) in [5.41, 5.74) is -1.49. The van der Waals surface area contributed by atoms with Crippen LogP contribution in [0.15, 0.2) is 36.4 Å². The Morgan fingerprint density at radius 2 is 1.05 bits per heavy atom. The van der Waals surface area contributed by atoms with Crippen molar-refractivity contribution in [2.45, 2.75) is 11.5 Å². The number of carbonyl (C=O) groups is 3.